The molecule has 0 saturated heterocycles. The van der Waals surface area contributed by atoms with Gasteiger partial charge in [-0.2, -0.15) is 0 Å². The van der Waals surface area contributed by atoms with E-state index in [9.17, 15) is 19.2 Å². The minimum atomic E-state index is -1.03. The number of carbonyl (C=O) groups excluding carboxylic acids is 4. The Bertz CT molecular complexity index is 1250. The summed E-state index contributed by atoms with van der Waals surface area (Å²) in [5, 5.41) is 9.24. The molecule has 3 rings (SSSR count). The molecular formula is C26H29ClN4O5. The minimum absolute atomic E-state index is 0.120. The molecule has 4 N–H and O–H groups in total. The van der Waals surface area contributed by atoms with E-state index >= 15 is 0 Å². The number of fused-ring (bicyclic) bond motifs is 1. The lowest BCUT2D eigenvalue weighted by molar-refractivity contribution is -0.143. The molecule has 2 atom stereocenters. The first-order valence-corrected chi connectivity index (χ1v) is 11.9. The minimum Gasteiger partial charge on any atom is -0.465 e. The lowest BCUT2D eigenvalue weighted by Crippen LogP contribution is -2.54. The molecule has 0 fully saturated rings. The number of ether oxygens (including phenoxy) is 1. The van der Waals surface area contributed by atoms with Crippen LogP contribution in [0.1, 0.15) is 26.3 Å². The lowest BCUT2D eigenvalue weighted by Gasteiger charge is -2.21. The number of H-pyrrole nitrogens is 1. The number of rotatable bonds is 10. The van der Waals surface area contributed by atoms with E-state index < -0.39 is 29.9 Å². The topological polar surface area (TPSA) is 129 Å². The molecule has 0 aliphatic heterocycles. The molecule has 190 valence electrons. The highest BCUT2D eigenvalue weighted by Gasteiger charge is 2.27. The summed E-state index contributed by atoms with van der Waals surface area (Å²) in [6, 6.07) is 13.0. The van der Waals surface area contributed by atoms with E-state index in [-0.39, 0.29) is 25.5 Å². The number of aromatic amines is 1. The molecule has 0 unspecified atom stereocenters. The van der Waals surface area contributed by atoms with Crippen LogP contribution in [-0.4, -0.2) is 53.9 Å². The van der Waals surface area contributed by atoms with Crippen molar-refractivity contribution in [2.45, 2.75) is 39.3 Å². The Morgan fingerprint density at radius 1 is 1.00 bits per heavy atom. The zero-order valence-electron chi connectivity index (χ0n) is 20.3. The monoisotopic (exact) mass is 512 g/mol. The summed E-state index contributed by atoms with van der Waals surface area (Å²) in [7, 11) is 0. The van der Waals surface area contributed by atoms with Crippen LogP contribution in [-0.2, 0) is 30.3 Å². The van der Waals surface area contributed by atoms with Gasteiger partial charge in [-0.05, 0) is 43.2 Å². The third-order valence-electron chi connectivity index (χ3n) is 5.51. The fourth-order valence-electron chi connectivity index (χ4n) is 3.85. The fraction of sp³-hybridized carbons (Fsp3) is 0.308. The highest BCUT2D eigenvalue weighted by molar-refractivity contribution is 6.30. The largest absolute Gasteiger partial charge is 0.465 e. The van der Waals surface area contributed by atoms with Crippen LogP contribution in [0, 0.1) is 0 Å². The van der Waals surface area contributed by atoms with Crippen molar-refractivity contribution < 1.29 is 23.9 Å². The second-order valence-corrected chi connectivity index (χ2v) is 8.68. The highest BCUT2D eigenvalue weighted by Crippen LogP contribution is 2.32. The van der Waals surface area contributed by atoms with Gasteiger partial charge in [0.1, 0.15) is 18.6 Å². The second kappa shape index (κ2) is 12.2. The summed E-state index contributed by atoms with van der Waals surface area (Å²) in [5.74, 6) is -2.05. The summed E-state index contributed by atoms with van der Waals surface area (Å²) in [5.41, 5.74) is 3.30. The van der Waals surface area contributed by atoms with E-state index in [0.29, 0.717) is 5.02 Å². The lowest BCUT2D eigenvalue weighted by atomic mass is 9.98. The maximum Gasteiger partial charge on any atom is 0.325 e. The van der Waals surface area contributed by atoms with Crippen molar-refractivity contribution in [2.24, 2.45) is 0 Å². The first-order valence-electron chi connectivity index (χ1n) is 11.6. The van der Waals surface area contributed by atoms with E-state index in [1.807, 2.05) is 36.4 Å². The first-order chi connectivity index (χ1) is 17.2. The number of benzene rings is 2. The standard InChI is InChI=1S/C26H29ClN4O5/c1-4-36-23(33)14-28-26(35)22(31-25(34)15(2)29-16(3)32)13-20-19-7-5-6-8-21(19)30-24(20)17-9-11-18(27)12-10-17/h5-12,15,22,30H,4,13-14H2,1-3H3,(H,28,35)(H,29,32)(H,31,34)/t15-,22-/m0/s1. The number of hydrogen-bond donors (Lipinski definition) is 4. The van der Waals surface area contributed by atoms with Crippen molar-refractivity contribution in [3.63, 3.8) is 0 Å². The van der Waals surface area contributed by atoms with Gasteiger partial charge in [-0.3, -0.25) is 19.2 Å². The Kier molecular flexibility index (Phi) is 9.08. The van der Waals surface area contributed by atoms with Crippen LogP contribution < -0.4 is 16.0 Å². The first kappa shape index (κ1) is 26.7. The summed E-state index contributed by atoms with van der Waals surface area (Å²) in [4.78, 5) is 52.5. The Morgan fingerprint density at radius 2 is 1.69 bits per heavy atom. The molecule has 0 spiro atoms. The van der Waals surface area contributed by atoms with Crippen LogP contribution in [0.25, 0.3) is 22.2 Å². The van der Waals surface area contributed by atoms with Crippen molar-refractivity contribution in [2.75, 3.05) is 13.2 Å². The third kappa shape index (κ3) is 6.85. The van der Waals surface area contributed by atoms with Crippen LogP contribution in [0.15, 0.2) is 48.5 Å². The number of para-hydroxylation sites is 1. The number of amides is 3. The molecule has 9 nitrogen and oxygen atoms in total. The smallest absolute Gasteiger partial charge is 0.325 e. The van der Waals surface area contributed by atoms with Crippen molar-refractivity contribution in [1.82, 2.24) is 20.9 Å². The molecule has 0 saturated carbocycles. The number of hydrogen-bond acceptors (Lipinski definition) is 5. The van der Waals surface area contributed by atoms with Crippen LogP contribution in [0.3, 0.4) is 0 Å². The number of esters is 1. The summed E-state index contributed by atoms with van der Waals surface area (Å²) < 4.78 is 4.88. The van der Waals surface area contributed by atoms with Gasteiger partial charge in [0.2, 0.25) is 17.7 Å². The summed E-state index contributed by atoms with van der Waals surface area (Å²) in [6.45, 7) is 4.34. The molecular weight excluding hydrogens is 484 g/mol. The van der Waals surface area contributed by atoms with E-state index in [0.717, 1.165) is 27.7 Å². The number of carbonyl (C=O) groups is 4. The maximum absolute atomic E-state index is 13.1. The van der Waals surface area contributed by atoms with Gasteiger partial charge in [0.15, 0.2) is 0 Å². The zero-order valence-corrected chi connectivity index (χ0v) is 21.1. The van der Waals surface area contributed by atoms with Crippen molar-refractivity contribution in [1.29, 1.82) is 0 Å². The average Bonchev–Trinajstić information content (AvgIpc) is 3.20. The molecule has 2 aromatic carbocycles. The van der Waals surface area contributed by atoms with Crippen LogP contribution in [0.4, 0.5) is 0 Å². The quantitative estimate of drug-likeness (QED) is 0.310. The molecule has 0 bridgehead atoms. The van der Waals surface area contributed by atoms with Crippen molar-refractivity contribution >= 4 is 46.2 Å². The SMILES string of the molecule is CCOC(=O)CNC(=O)[C@H](Cc1c(-c2ccc(Cl)cc2)[nH]c2ccccc12)NC(=O)[C@H](C)NC(C)=O. The summed E-state index contributed by atoms with van der Waals surface area (Å²) >= 11 is 6.07. The predicted molar refractivity (Wildman–Crippen MR) is 137 cm³/mol. The van der Waals surface area contributed by atoms with Gasteiger partial charge in [0.05, 0.1) is 6.61 Å². The molecule has 36 heavy (non-hydrogen) atoms. The van der Waals surface area contributed by atoms with E-state index in [2.05, 4.69) is 20.9 Å². The van der Waals surface area contributed by atoms with Gasteiger partial charge in [-0.25, -0.2) is 0 Å². The third-order valence-corrected chi connectivity index (χ3v) is 5.77. The average molecular weight is 513 g/mol. The second-order valence-electron chi connectivity index (χ2n) is 8.24. The fourth-order valence-corrected chi connectivity index (χ4v) is 3.98. The molecule has 3 aromatic rings. The van der Waals surface area contributed by atoms with E-state index in [1.54, 1.807) is 19.1 Å². The van der Waals surface area contributed by atoms with Gasteiger partial charge >= 0.3 is 5.97 Å². The Balaban J connectivity index is 1.96. The van der Waals surface area contributed by atoms with Crippen LogP contribution >= 0.6 is 11.6 Å². The van der Waals surface area contributed by atoms with Gasteiger partial charge in [0.25, 0.3) is 0 Å². The van der Waals surface area contributed by atoms with Gasteiger partial charge in [-0.15, -0.1) is 0 Å². The Labute approximate surface area is 213 Å². The molecule has 0 aliphatic carbocycles. The molecule has 10 heteroatoms. The van der Waals surface area contributed by atoms with Gasteiger partial charge < -0.3 is 25.7 Å². The zero-order chi connectivity index (χ0) is 26.2. The highest BCUT2D eigenvalue weighted by atomic mass is 35.5. The molecule has 3 amide bonds. The van der Waals surface area contributed by atoms with E-state index in [1.165, 1.54) is 13.8 Å². The Morgan fingerprint density at radius 3 is 2.36 bits per heavy atom. The molecule has 1 aromatic heterocycles. The van der Waals surface area contributed by atoms with Crippen molar-refractivity contribution in [3.8, 4) is 11.3 Å². The van der Waals surface area contributed by atoms with Crippen LogP contribution in [0.5, 0.6) is 0 Å². The van der Waals surface area contributed by atoms with Crippen LogP contribution in [0.2, 0.25) is 5.02 Å². The van der Waals surface area contributed by atoms with Gasteiger partial charge in [0, 0.05) is 35.0 Å². The summed E-state index contributed by atoms with van der Waals surface area (Å²) in [6.07, 6.45) is 0.120. The van der Waals surface area contributed by atoms with Gasteiger partial charge in [-0.1, -0.05) is 41.9 Å². The number of nitrogens with one attached hydrogen (secondary N) is 4. The normalized spacial score (nSPS) is 12.4. The maximum atomic E-state index is 13.1. The Hall–Kier alpha value is -3.85. The number of aromatic nitrogens is 1. The van der Waals surface area contributed by atoms with E-state index in [4.69, 9.17) is 16.3 Å². The molecule has 1 heterocycles. The molecule has 0 radical (unpaired) electrons. The number of halogens is 1. The predicted octanol–water partition coefficient (Wildman–Crippen LogP) is 2.72. The van der Waals surface area contributed by atoms with Crippen molar-refractivity contribution in [3.05, 3.63) is 59.1 Å². The molecule has 0 aliphatic rings.